The van der Waals surface area contributed by atoms with Gasteiger partial charge in [0.2, 0.25) is 0 Å². The Morgan fingerprint density at radius 1 is 1.13 bits per heavy atom. The van der Waals surface area contributed by atoms with Gasteiger partial charge in [-0.05, 0) is 30.0 Å². The molecule has 0 aliphatic rings. The fourth-order valence-electron chi connectivity index (χ4n) is 2.49. The van der Waals surface area contributed by atoms with E-state index in [1.54, 1.807) is 0 Å². The highest BCUT2D eigenvalue weighted by molar-refractivity contribution is 6.09. The quantitative estimate of drug-likeness (QED) is 0.501. The SMILES string of the molecule is CCc1cccc(CC)c1NC(=O)c1cccc([N+](=O)[O-])c1N. The van der Waals surface area contributed by atoms with Crippen molar-refractivity contribution >= 4 is 23.0 Å². The number of nitrogens with one attached hydrogen (secondary N) is 1. The number of anilines is 2. The van der Waals surface area contributed by atoms with Gasteiger partial charge in [-0.3, -0.25) is 14.9 Å². The van der Waals surface area contributed by atoms with Crippen LogP contribution in [0.3, 0.4) is 0 Å². The number of nitro benzene ring substituents is 1. The standard InChI is InChI=1S/C17H19N3O3/c1-3-11-7-5-8-12(4-2)16(11)19-17(21)13-9-6-10-14(15(13)18)20(22)23/h5-10H,3-4,18H2,1-2H3,(H,19,21). The predicted molar refractivity (Wildman–Crippen MR) is 90.7 cm³/mol. The maximum atomic E-state index is 12.5. The van der Waals surface area contributed by atoms with Gasteiger partial charge in [0.25, 0.3) is 11.6 Å². The molecule has 0 aliphatic heterocycles. The van der Waals surface area contributed by atoms with E-state index in [9.17, 15) is 14.9 Å². The third-order valence-corrected chi connectivity index (χ3v) is 3.76. The molecule has 0 saturated carbocycles. The van der Waals surface area contributed by atoms with Crippen molar-refractivity contribution in [2.75, 3.05) is 11.1 Å². The van der Waals surface area contributed by atoms with Crippen LogP contribution in [-0.2, 0) is 12.8 Å². The average molecular weight is 313 g/mol. The van der Waals surface area contributed by atoms with Gasteiger partial charge in [0.05, 0.1) is 10.5 Å². The lowest BCUT2D eigenvalue weighted by atomic mass is 10.0. The van der Waals surface area contributed by atoms with Crippen LogP contribution in [0.25, 0.3) is 0 Å². The van der Waals surface area contributed by atoms with E-state index in [1.165, 1.54) is 18.2 Å². The van der Waals surface area contributed by atoms with Crippen LogP contribution in [0.4, 0.5) is 17.1 Å². The summed E-state index contributed by atoms with van der Waals surface area (Å²) in [6.45, 7) is 4.01. The summed E-state index contributed by atoms with van der Waals surface area (Å²) >= 11 is 0. The summed E-state index contributed by atoms with van der Waals surface area (Å²) < 4.78 is 0. The van der Waals surface area contributed by atoms with Crippen LogP contribution in [-0.4, -0.2) is 10.8 Å². The van der Waals surface area contributed by atoms with E-state index in [4.69, 9.17) is 5.73 Å². The number of hydrogen-bond donors (Lipinski definition) is 2. The maximum absolute atomic E-state index is 12.5. The first-order valence-corrected chi connectivity index (χ1v) is 7.44. The normalized spacial score (nSPS) is 10.3. The molecule has 0 saturated heterocycles. The molecule has 0 radical (unpaired) electrons. The molecule has 0 atom stereocenters. The fraction of sp³-hybridized carbons (Fsp3) is 0.235. The Morgan fingerprint density at radius 2 is 1.70 bits per heavy atom. The zero-order valence-corrected chi connectivity index (χ0v) is 13.1. The van der Waals surface area contributed by atoms with E-state index in [2.05, 4.69) is 5.32 Å². The molecule has 2 aromatic rings. The van der Waals surface area contributed by atoms with E-state index in [1.807, 2.05) is 32.0 Å². The van der Waals surface area contributed by atoms with Crippen LogP contribution in [0.15, 0.2) is 36.4 Å². The lowest BCUT2D eigenvalue weighted by molar-refractivity contribution is -0.383. The number of nitro groups is 1. The van der Waals surface area contributed by atoms with E-state index in [0.29, 0.717) is 0 Å². The van der Waals surface area contributed by atoms with Gasteiger partial charge in [-0.2, -0.15) is 0 Å². The van der Waals surface area contributed by atoms with Crippen molar-refractivity contribution in [3.8, 4) is 0 Å². The van der Waals surface area contributed by atoms with Crippen molar-refractivity contribution < 1.29 is 9.72 Å². The third kappa shape index (κ3) is 3.31. The first-order valence-electron chi connectivity index (χ1n) is 7.44. The molecule has 6 heteroatoms. The summed E-state index contributed by atoms with van der Waals surface area (Å²) in [5, 5.41) is 13.8. The van der Waals surface area contributed by atoms with E-state index in [-0.39, 0.29) is 16.9 Å². The second-order valence-corrected chi connectivity index (χ2v) is 5.11. The third-order valence-electron chi connectivity index (χ3n) is 3.76. The summed E-state index contributed by atoms with van der Waals surface area (Å²) in [7, 11) is 0. The minimum absolute atomic E-state index is 0.104. The zero-order chi connectivity index (χ0) is 17.0. The number of nitrogens with two attached hydrogens (primary N) is 1. The molecule has 0 fully saturated rings. The van der Waals surface area contributed by atoms with Gasteiger partial charge >= 0.3 is 0 Å². The van der Waals surface area contributed by atoms with Crippen molar-refractivity contribution in [3.05, 3.63) is 63.2 Å². The van der Waals surface area contributed by atoms with E-state index >= 15 is 0 Å². The van der Waals surface area contributed by atoms with Crippen molar-refractivity contribution in [3.63, 3.8) is 0 Å². The smallest absolute Gasteiger partial charge is 0.292 e. The van der Waals surface area contributed by atoms with Crippen molar-refractivity contribution in [2.45, 2.75) is 26.7 Å². The molecule has 2 rings (SSSR count). The second-order valence-electron chi connectivity index (χ2n) is 5.11. The fourth-order valence-corrected chi connectivity index (χ4v) is 2.49. The predicted octanol–water partition coefficient (Wildman–Crippen LogP) is 3.55. The molecular weight excluding hydrogens is 294 g/mol. The van der Waals surface area contributed by atoms with Gasteiger partial charge < -0.3 is 11.1 Å². The van der Waals surface area contributed by atoms with Gasteiger partial charge in [-0.1, -0.05) is 38.1 Å². The van der Waals surface area contributed by atoms with Crippen LogP contribution in [0.2, 0.25) is 0 Å². The second kappa shape index (κ2) is 6.91. The molecule has 6 nitrogen and oxygen atoms in total. The number of rotatable bonds is 5. The highest BCUT2D eigenvalue weighted by Gasteiger charge is 2.20. The number of aryl methyl sites for hydroxylation is 2. The molecule has 0 aromatic heterocycles. The summed E-state index contributed by atoms with van der Waals surface area (Å²) in [6.07, 6.45) is 1.54. The van der Waals surface area contributed by atoms with Crippen LogP contribution < -0.4 is 11.1 Å². The largest absolute Gasteiger partial charge is 0.393 e. The Hall–Kier alpha value is -2.89. The van der Waals surface area contributed by atoms with Gasteiger partial charge in [0.1, 0.15) is 5.69 Å². The summed E-state index contributed by atoms with van der Waals surface area (Å²) in [5.41, 5.74) is 8.28. The van der Waals surface area contributed by atoms with E-state index in [0.717, 1.165) is 29.7 Å². The average Bonchev–Trinajstić information content (AvgIpc) is 2.54. The molecule has 0 aliphatic carbocycles. The number of carbonyl (C=O) groups is 1. The lowest BCUT2D eigenvalue weighted by Gasteiger charge is -2.15. The number of para-hydroxylation sites is 2. The summed E-state index contributed by atoms with van der Waals surface area (Å²) in [6, 6.07) is 10.1. The van der Waals surface area contributed by atoms with Gasteiger partial charge in [0, 0.05) is 11.8 Å². The van der Waals surface area contributed by atoms with Crippen LogP contribution in [0, 0.1) is 10.1 Å². The first kappa shape index (κ1) is 16.5. The highest BCUT2D eigenvalue weighted by atomic mass is 16.6. The van der Waals surface area contributed by atoms with Crippen LogP contribution in [0.1, 0.15) is 35.3 Å². The molecule has 120 valence electrons. The first-order chi connectivity index (χ1) is 11.0. The molecule has 23 heavy (non-hydrogen) atoms. The number of nitrogen functional groups attached to an aromatic ring is 1. The van der Waals surface area contributed by atoms with E-state index < -0.39 is 10.8 Å². The Morgan fingerprint density at radius 3 is 2.22 bits per heavy atom. The Balaban J connectivity index is 2.41. The van der Waals surface area contributed by atoms with Crippen molar-refractivity contribution in [1.29, 1.82) is 0 Å². The minimum Gasteiger partial charge on any atom is -0.393 e. The molecule has 0 unspecified atom stereocenters. The van der Waals surface area contributed by atoms with Crippen molar-refractivity contribution in [2.24, 2.45) is 0 Å². The van der Waals surface area contributed by atoms with Gasteiger partial charge in [-0.25, -0.2) is 0 Å². The molecule has 0 spiro atoms. The Kier molecular flexibility index (Phi) is 4.95. The Labute approximate surface area is 134 Å². The number of carbonyl (C=O) groups excluding carboxylic acids is 1. The molecule has 0 bridgehead atoms. The summed E-state index contributed by atoms with van der Waals surface area (Å²) in [5.74, 6) is -0.443. The summed E-state index contributed by atoms with van der Waals surface area (Å²) in [4.78, 5) is 22.9. The van der Waals surface area contributed by atoms with Gasteiger partial charge in [-0.15, -0.1) is 0 Å². The highest BCUT2D eigenvalue weighted by Crippen LogP contribution is 2.27. The Bertz CT molecular complexity index is 734. The van der Waals surface area contributed by atoms with Crippen molar-refractivity contribution in [1.82, 2.24) is 0 Å². The monoisotopic (exact) mass is 313 g/mol. The molecular formula is C17H19N3O3. The van der Waals surface area contributed by atoms with Crippen LogP contribution in [0.5, 0.6) is 0 Å². The maximum Gasteiger partial charge on any atom is 0.292 e. The molecule has 0 heterocycles. The topological polar surface area (TPSA) is 98.3 Å². The molecule has 2 aromatic carbocycles. The lowest BCUT2D eigenvalue weighted by Crippen LogP contribution is -2.17. The number of amides is 1. The zero-order valence-electron chi connectivity index (χ0n) is 13.1. The van der Waals surface area contributed by atoms with Crippen LogP contribution >= 0.6 is 0 Å². The molecule has 1 amide bonds. The number of nitrogens with zero attached hydrogens (tertiary/aromatic N) is 1. The minimum atomic E-state index is -0.594. The number of hydrogen-bond acceptors (Lipinski definition) is 4. The number of benzene rings is 2. The molecule has 3 N–H and O–H groups in total. The van der Waals surface area contributed by atoms with Gasteiger partial charge in [0.15, 0.2) is 0 Å².